The van der Waals surface area contributed by atoms with Crippen LogP contribution in [-0.2, 0) is 30.2 Å². The number of Topliss-reactive ketones (excluding diaryl/α,β-unsaturated/α-hetero) is 1. The van der Waals surface area contributed by atoms with Gasteiger partial charge in [-0.2, -0.15) is 9.90 Å². The zero-order valence-electron chi connectivity index (χ0n) is 18.1. The van der Waals surface area contributed by atoms with Crippen LogP contribution in [0.15, 0.2) is 30.3 Å². The second-order valence-electron chi connectivity index (χ2n) is 9.58. The van der Waals surface area contributed by atoms with E-state index in [1.54, 1.807) is 4.80 Å². The summed E-state index contributed by atoms with van der Waals surface area (Å²) in [6, 6.07) is 10.1. The van der Waals surface area contributed by atoms with Crippen LogP contribution in [0.3, 0.4) is 0 Å². The zero-order valence-corrected chi connectivity index (χ0v) is 18.1. The molecule has 0 N–H and O–H groups in total. The van der Waals surface area contributed by atoms with Gasteiger partial charge in [0.2, 0.25) is 5.82 Å². The number of hydrogen-bond donors (Lipinski definition) is 0. The largest absolute Gasteiger partial charge is 0.299 e. The fourth-order valence-corrected chi connectivity index (χ4v) is 5.81. The number of tetrazole rings is 1. The third-order valence-electron chi connectivity index (χ3n) is 7.43. The number of rotatable bonds is 3. The zero-order chi connectivity index (χ0) is 21.1. The molecule has 2 aliphatic rings. The molecule has 3 aromatic rings. The van der Waals surface area contributed by atoms with E-state index in [4.69, 9.17) is 5.10 Å². The average Bonchev–Trinajstić information content (AvgIpc) is 3.30. The lowest BCUT2D eigenvalue weighted by Crippen LogP contribution is -2.52. The van der Waals surface area contributed by atoms with Gasteiger partial charge in [0.1, 0.15) is 11.5 Å². The molecule has 1 aromatic carbocycles. The summed E-state index contributed by atoms with van der Waals surface area (Å²) in [6.07, 6.45) is 3.36. The molecular weight excluding hydrogens is 376 g/mol. The van der Waals surface area contributed by atoms with Gasteiger partial charge in [0, 0.05) is 29.9 Å². The van der Waals surface area contributed by atoms with Crippen LogP contribution in [0.25, 0.3) is 11.5 Å². The molecule has 1 saturated carbocycles. The van der Waals surface area contributed by atoms with E-state index in [-0.39, 0.29) is 10.8 Å². The lowest BCUT2D eigenvalue weighted by Gasteiger charge is -2.51. The molecule has 2 heterocycles. The van der Waals surface area contributed by atoms with Gasteiger partial charge in [0.05, 0.1) is 12.2 Å². The lowest BCUT2D eigenvalue weighted by molar-refractivity contribution is -0.137. The minimum atomic E-state index is -0.306. The van der Waals surface area contributed by atoms with Crippen molar-refractivity contribution in [2.24, 2.45) is 18.4 Å². The van der Waals surface area contributed by atoms with Crippen LogP contribution in [0, 0.1) is 11.3 Å². The molecule has 0 amide bonds. The summed E-state index contributed by atoms with van der Waals surface area (Å²) in [5, 5.41) is 18.3. The summed E-state index contributed by atoms with van der Waals surface area (Å²) in [6.45, 7) is 7.11. The first-order valence-electron chi connectivity index (χ1n) is 10.7. The average molecular weight is 405 g/mol. The van der Waals surface area contributed by atoms with Crippen molar-refractivity contribution in [2.75, 3.05) is 0 Å². The van der Waals surface area contributed by atoms with Crippen molar-refractivity contribution < 1.29 is 4.79 Å². The molecule has 0 radical (unpaired) electrons. The van der Waals surface area contributed by atoms with Gasteiger partial charge in [-0.15, -0.1) is 10.2 Å². The van der Waals surface area contributed by atoms with Crippen LogP contribution >= 0.6 is 0 Å². The molecule has 0 aliphatic heterocycles. The smallest absolute Gasteiger partial charge is 0.223 e. The van der Waals surface area contributed by atoms with E-state index in [2.05, 4.69) is 48.3 Å². The van der Waals surface area contributed by atoms with E-state index >= 15 is 0 Å². The summed E-state index contributed by atoms with van der Waals surface area (Å²) in [4.78, 5) is 14.3. The highest BCUT2D eigenvalue weighted by Crippen LogP contribution is 2.56. The molecule has 2 aliphatic carbocycles. The third-order valence-corrected chi connectivity index (χ3v) is 7.43. The Morgan fingerprint density at radius 2 is 1.87 bits per heavy atom. The van der Waals surface area contributed by atoms with Crippen LogP contribution in [0.4, 0.5) is 0 Å². The first-order valence-corrected chi connectivity index (χ1v) is 10.7. The Balaban J connectivity index is 1.52. The van der Waals surface area contributed by atoms with E-state index in [0.29, 0.717) is 30.5 Å². The molecule has 0 unspecified atom stereocenters. The number of nitrogens with zero attached hydrogens (tertiary/aromatic N) is 6. The predicted molar refractivity (Wildman–Crippen MR) is 113 cm³/mol. The molecule has 7 heteroatoms. The van der Waals surface area contributed by atoms with Crippen LogP contribution in [0.5, 0.6) is 0 Å². The summed E-state index contributed by atoms with van der Waals surface area (Å²) in [7, 11) is 1.96. The highest BCUT2D eigenvalue weighted by atomic mass is 16.1. The van der Waals surface area contributed by atoms with Crippen LogP contribution in [0.1, 0.15) is 56.9 Å². The van der Waals surface area contributed by atoms with Gasteiger partial charge in [0.15, 0.2) is 0 Å². The van der Waals surface area contributed by atoms with Crippen LogP contribution < -0.4 is 0 Å². The van der Waals surface area contributed by atoms with Crippen molar-refractivity contribution in [2.45, 2.75) is 58.4 Å². The minimum Gasteiger partial charge on any atom is -0.299 e. The Hall–Kier alpha value is -2.83. The monoisotopic (exact) mass is 404 g/mol. The van der Waals surface area contributed by atoms with Crippen LogP contribution in [0.2, 0.25) is 0 Å². The predicted octanol–water partition coefficient (Wildman–Crippen LogP) is 3.33. The second-order valence-corrected chi connectivity index (χ2v) is 9.58. The van der Waals surface area contributed by atoms with E-state index in [1.165, 1.54) is 5.56 Å². The quantitative estimate of drug-likeness (QED) is 0.669. The first kappa shape index (κ1) is 19.2. The van der Waals surface area contributed by atoms with Gasteiger partial charge in [-0.3, -0.25) is 9.48 Å². The molecule has 0 bridgehead atoms. The lowest BCUT2D eigenvalue weighted by atomic mass is 9.51. The molecule has 0 saturated heterocycles. The number of ketones is 1. The molecule has 156 valence electrons. The van der Waals surface area contributed by atoms with Gasteiger partial charge in [0.25, 0.3) is 0 Å². The maximum absolute atomic E-state index is 12.6. The number of aryl methyl sites for hydroxylation is 1. The number of benzene rings is 1. The summed E-state index contributed by atoms with van der Waals surface area (Å²) >= 11 is 0. The molecule has 0 spiro atoms. The standard InChI is InChI=1S/C23H28N6O/c1-22(2)17-11-10-16-19(28(4)25-20(16)23(17,3)13-12-18(22)30)21-24-27-29(26-21)14-15-8-6-5-7-9-15/h5-9,17H,10-14H2,1-4H3/t17-,23-/m0/s1. The SMILES string of the molecule is Cn1nc2c(c1-c1nnn(Cc3ccccc3)n1)CC[C@H]1C(C)(C)C(=O)CC[C@]21C. The molecule has 2 atom stereocenters. The molecule has 2 aromatic heterocycles. The molecule has 7 nitrogen and oxygen atoms in total. The second kappa shape index (κ2) is 6.59. The third kappa shape index (κ3) is 2.75. The van der Waals surface area contributed by atoms with Gasteiger partial charge in [-0.25, -0.2) is 0 Å². The summed E-state index contributed by atoms with van der Waals surface area (Å²) in [5.74, 6) is 1.31. The number of hydrogen-bond acceptors (Lipinski definition) is 5. The van der Waals surface area contributed by atoms with Crippen molar-refractivity contribution >= 4 is 5.78 Å². The Morgan fingerprint density at radius 3 is 2.63 bits per heavy atom. The normalized spacial score (nSPS) is 25.1. The Morgan fingerprint density at radius 1 is 1.10 bits per heavy atom. The van der Waals surface area contributed by atoms with Gasteiger partial charge in [-0.05, 0) is 36.0 Å². The summed E-state index contributed by atoms with van der Waals surface area (Å²) in [5.41, 5.74) is 4.04. The van der Waals surface area contributed by atoms with Crippen molar-refractivity contribution in [3.8, 4) is 11.5 Å². The number of fused-ring (bicyclic) bond motifs is 3. The molecule has 1 fully saturated rings. The number of aromatic nitrogens is 6. The fourth-order valence-electron chi connectivity index (χ4n) is 5.81. The van der Waals surface area contributed by atoms with E-state index in [0.717, 1.165) is 36.2 Å². The molecule has 30 heavy (non-hydrogen) atoms. The van der Waals surface area contributed by atoms with Crippen molar-refractivity contribution in [3.63, 3.8) is 0 Å². The molecule has 5 rings (SSSR count). The van der Waals surface area contributed by atoms with E-state index < -0.39 is 0 Å². The Labute approximate surface area is 176 Å². The van der Waals surface area contributed by atoms with Crippen molar-refractivity contribution in [1.29, 1.82) is 0 Å². The minimum absolute atomic E-state index is 0.0962. The van der Waals surface area contributed by atoms with Crippen molar-refractivity contribution in [1.82, 2.24) is 30.0 Å². The van der Waals surface area contributed by atoms with Gasteiger partial charge < -0.3 is 0 Å². The van der Waals surface area contributed by atoms with Crippen LogP contribution in [-0.4, -0.2) is 35.8 Å². The number of carbonyl (C=O) groups excluding carboxylic acids is 1. The van der Waals surface area contributed by atoms with Crippen molar-refractivity contribution in [3.05, 3.63) is 47.2 Å². The topological polar surface area (TPSA) is 78.5 Å². The van der Waals surface area contributed by atoms with Gasteiger partial charge >= 0.3 is 0 Å². The van der Waals surface area contributed by atoms with E-state index in [9.17, 15) is 4.79 Å². The fraction of sp³-hybridized carbons (Fsp3) is 0.522. The maximum atomic E-state index is 12.6. The Bertz CT molecular complexity index is 1110. The number of carbonyl (C=O) groups is 1. The highest BCUT2D eigenvalue weighted by molar-refractivity contribution is 5.86. The molecular formula is C23H28N6O. The Kier molecular flexibility index (Phi) is 4.21. The van der Waals surface area contributed by atoms with Gasteiger partial charge in [-0.1, -0.05) is 51.1 Å². The maximum Gasteiger partial charge on any atom is 0.223 e. The first-order chi connectivity index (χ1) is 14.3. The highest BCUT2D eigenvalue weighted by Gasteiger charge is 2.55. The van der Waals surface area contributed by atoms with E-state index in [1.807, 2.05) is 29.9 Å². The summed E-state index contributed by atoms with van der Waals surface area (Å²) < 4.78 is 1.91.